The van der Waals surface area contributed by atoms with Gasteiger partial charge >= 0.3 is 0 Å². The molecule has 0 N–H and O–H groups in total. The van der Waals surface area contributed by atoms with Gasteiger partial charge in [-0.25, -0.2) is 0 Å². The lowest BCUT2D eigenvalue weighted by molar-refractivity contribution is -0.107. The highest BCUT2D eigenvalue weighted by Crippen LogP contribution is 2.29. The van der Waals surface area contributed by atoms with Crippen molar-refractivity contribution in [3.8, 4) is 0 Å². The van der Waals surface area contributed by atoms with Crippen molar-refractivity contribution < 1.29 is 9.59 Å². The molecule has 0 radical (unpaired) electrons. The van der Waals surface area contributed by atoms with E-state index in [0.717, 1.165) is 20.9 Å². The largest absolute Gasteiger partial charge is 0.282 e. The van der Waals surface area contributed by atoms with Gasteiger partial charge in [0.15, 0.2) is 0 Å². The minimum atomic E-state index is -0.0610. The van der Waals surface area contributed by atoms with Crippen molar-refractivity contribution in [2.45, 2.75) is 23.6 Å². The van der Waals surface area contributed by atoms with E-state index in [2.05, 4.69) is 27.0 Å². The maximum atomic E-state index is 11.4. The molecule has 0 unspecified atom stereocenters. The van der Waals surface area contributed by atoms with Crippen LogP contribution in [0.5, 0.6) is 0 Å². The molecular formula is C22H20O2S2. The van der Waals surface area contributed by atoms with Crippen molar-refractivity contribution in [3.63, 3.8) is 0 Å². The number of benzene rings is 2. The van der Waals surface area contributed by atoms with Gasteiger partial charge in [0.2, 0.25) is 10.2 Å². The Morgan fingerprint density at radius 2 is 1.00 bits per heavy atom. The van der Waals surface area contributed by atoms with Gasteiger partial charge in [-0.1, -0.05) is 37.4 Å². The molecule has 0 fully saturated rings. The molecule has 2 rings (SSSR count). The molecule has 4 heteroatoms. The second-order valence-corrected chi connectivity index (χ2v) is 7.70. The van der Waals surface area contributed by atoms with Crippen LogP contribution in [0.3, 0.4) is 0 Å². The van der Waals surface area contributed by atoms with Gasteiger partial charge in [0.1, 0.15) is 0 Å². The van der Waals surface area contributed by atoms with Crippen LogP contribution in [0, 0.1) is 0 Å². The first-order valence-corrected chi connectivity index (χ1v) is 9.64. The van der Waals surface area contributed by atoms with E-state index in [-0.39, 0.29) is 10.2 Å². The smallest absolute Gasteiger partial charge is 0.216 e. The zero-order chi connectivity index (χ0) is 19.1. The number of hydrogen-bond acceptors (Lipinski definition) is 4. The Balaban J connectivity index is 2.20. The fourth-order valence-electron chi connectivity index (χ4n) is 2.29. The van der Waals surface area contributed by atoms with E-state index in [1.165, 1.54) is 46.8 Å². The lowest BCUT2D eigenvalue weighted by atomic mass is 9.97. The molecule has 0 aliphatic carbocycles. The molecule has 0 atom stereocenters. The first kappa shape index (κ1) is 20.0. The van der Waals surface area contributed by atoms with E-state index in [9.17, 15) is 9.59 Å². The SMILES string of the molecule is C=CC(=O)Sc1ccc(C(C)=C(C)c2ccc(SC(=O)C=C)cc2)cc1. The highest BCUT2D eigenvalue weighted by atomic mass is 32.2. The lowest BCUT2D eigenvalue weighted by Crippen LogP contribution is -1.89. The molecular weight excluding hydrogens is 360 g/mol. The molecule has 0 bridgehead atoms. The van der Waals surface area contributed by atoms with E-state index in [1.807, 2.05) is 48.5 Å². The van der Waals surface area contributed by atoms with Crippen molar-refractivity contribution >= 4 is 44.9 Å². The van der Waals surface area contributed by atoms with E-state index in [4.69, 9.17) is 0 Å². The Morgan fingerprint density at radius 1 is 0.692 bits per heavy atom. The zero-order valence-electron chi connectivity index (χ0n) is 14.8. The van der Waals surface area contributed by atoms with Crippen LogP contribution in [0.4, 0.5) is 0 Å². The summed E-state index contributed by atoms with van der Waals surface area (Å²) in [5.41, 5.74) is 4.55. The number of thioether (sulfide) groups is 2. The summed E-state index contributed by atoms with van der Waals surface area (Å²) in [6.07, 6.45) is 2.64. The standard InChI is InChI=1S/C22H20O2S2/c1-5-21(23)25-19-11-7-17(8-12-19)15(3)16(4)18-9-13-20(14-10-18)26-22(24)6-2/h5-14H,1-2H2,3-4H3. The maximum Gasteiger partial charge on any atom is 0.216 e. The molecule has 0 amide bonds. The monoisotopic (exact) mass is 380 g/mol. The Morgan fingerprint density at radius 3 is 1.27 bits per heavy atom. The molecule has 0 heterocycles. The Bertz CT molecular complexity index is 787. The normalized spacial score (nSPS) is 11.5. The molecule has 132 valence electrons. The van der Waals surface area contributed by atoms with Gasteiger partial charge in [0.25, 0.3) is 0 Å². The van der Waals surface area contributed by atoms with Crippen LogP contribution in [0.25, 0.3) is 11.1 Å². The molecule has 0 saturated heterocycles. The van der Waals surface area contributed by atoms with Gasteiger partial charge in [0.05, 0.1) is 0 Å². The summed E-state index contributed by atoms with van der Waals surface area (Å²) in [6, 6.07) is 15.8. The zero-order valence-corrected chi connectivity index (χ0v) is 16.5. The summed E-state index contributed by atoms with van der Waals surface area (Å²) < 4.78 is 0. The second-order valence-electron chi connectivity index (χ2n) is 5.55. The third-order valence-corrected chi connectivity index (χ3v) is 5.66. The summed E-state index contributed by atoms with van der Waals surface area (Å²) in [4.78, 5) is 24.6. The van der Waals surface area contributed by atoms with Crippen LogP contribution >= 0.6 is 23.5 Å². The summed E-state index contributed by atoms with van der Waals surface area (Å²) in [7, 11) is 0. The van der Waals surface area contributed by atoms with Crippen molar-refractivity contribution in [1.29, 1.82) is 0 Å². The third-order valence-electron chi connectivity index (χ3n) is 3.91. The van der Waals surface area contributed by atoms with Crippen molar-refractivity contribution in [2.24, 2.45) is 0 Å². The molecule has 26 heavy (non-hydrogen) atoms. The fourth-order valence-corrected chi connectivity index (χ4v) is 3.47. The molecule has 0 aliphatic rings. The topological polar surface area (TPSA) is 34.1 Å². The number of carbonyl (C=O) groups excluding carboxylic acids is 2. The predicted octanol–water partition coefficient (Wildman–Crippen LogP) is 6.25. The van der Waals surface area contributed by atoms with Crippen LogP contribution < -0.4 is 0 Å². The Hall–Kier alpha value is -2.30. The highest BCUT2D eigenvalue weighted by Gasteiger charge is 2.06. The number of hydrogen-bond donors (Lipinski definition) is 0. The van der Waals surface area contributed by atoms with Crippen molar-refractivity contribution in [3.05, 3.63) is 85.0 Å². The number of rotatable bonds is 6. The van der Waals surface area contributed by atoms with Crippen LogP contribution in [0.1, 0.15) is 25.0 Å². The molecule has 2 aromatic carbocycles. The third kappa shape index (κ3) is 5.35. The minimum Gasteiger partial charge on any atom is -0.282 e. The summed E-state index contributed by atoms with van der Waals surface area (Å²) >= 11 is 2.33. The first-order chi connectivity index (χ1) is 12.4. The minimum absolute atomic E-state index is 0.0610. The lowest BCUT2D eigenvalue weighted by Gasteiger charge is -2.10. The van der Waals surface area contributed by atoms with E-state index < -0.39 is 0 Å². The van der Waals surface area contributed by atoms with Gasteiger partial charge in [-0.15, -0.1) is 0 Å². The average Bonchev–Trinajstić information content (AvgIpc) is 2.67. The molecule has 0 saturated carbocycles. The molecule has 0 aromatic heterocycles. The molecule has 2 aromatic rings. The highest BCUT2D eigenvalue weighted by molar-refractivity contribution is 8.14. The summed E-state index contributed by atoms with van der Waals surface area (Å²) in [5, 5.41) is -0.122. The van der Waals surface area contributed by atoms with Crippen molar-refractivity contribution in [1.82, 2.24) is 0 Å². The average molecular weight is 381 g/mol. The Labute approximate surface area is 163 Å². The van der Waals surface area contributed by atoms with E-state index in [0.29, 0.717) is 0 Å². The quantitative estimate of drug-likeness (QED) is 0.337. The van der Waals surface area contributed by atoms with Gasteiger partial charge in [0, 0.05) is 9.79 Å². The Kier molecular flexibility index (Phi) is 7.25. The number of carbonyl (C=O) groups is 2. The molecule has 2 nitrogen and oxygen atoms in total. The van der Waals surface area contributed by atoms with E-state index >= 15 is 0 Å². The summed E-state index contributed by atoms with van der Waals surface area (Å²) in [5.74, 6) is 0. The molecule has 0 aliphatic heterocycles. The fraction of sp³-hybridized carbons (Fsp3) is 0.0909. The van der Waals surface area contributed by atoms with Crippen molar-refractivity contribution in [2.75, 3.05) is 0 Å². The van der Waals surface area contributed by atoms with E-state index in [1.54, 1.807) is 0 Å². The van der Waals surface area contributed by atoms with Gasteiger partial charge in [-0.3, -0.25) is 9.59 Å². The van der Waals surface area contributed by atoms with Crippen LogP contribution in [0.2, 0.25) is 0 Å². The van der Waals surface area contributed by atoms with Crippen LogP contribution in [-0.2, 0) is 9.59 Å². The van der Waals surface area contributed by atoms with Gasteiger partial charge in [-0.05, 0) is 96.1 Å². The maximum absolute atomic E-state index is 11.4. The van der Waals surface area contributed by atoms with Crippen LogP contribution in [0.15, 0.2) is 83.6 Å². The number of allylic oxidation sites excluding steroid dienone is 2. The first-order valence-electron chi connectivity index (χ1n) is 8.01. The predicted molar refractivity (Wildman–Crippen MR) is 113 cm³/mol. The van der Waals surface area contributed by atoms with Gasteiger partial charge < -0.3 is 0 Å². The van der Waals surface area contributed by atoms with Crippen LogP contribution in [-0.4, -0.2) is 10.2 Å². The van der Waals surface area contributed by atoms with Gasteiger partial charge in [-0.2, -0.15) is 0 Å². The summed E-state index contributed by atoms with van der Waals surface area (Å²) in [6.45, 7) is 11.1. The second kappa shape index (κ2) is 9.41. The molecule has 0 spiro atoms.